The monoisotopic (exact) mass is 482 g/mol. The van der Waals surface area contributed by atoms with Gasteiger partial charge in [0.2, 0.25) is 5.91 Å². The van der Waals surface area contributed by atoms with Crippen molar-refractivity contribution in [1.82, 2.24) is 30.2 Å². The first-order valence-corrected chi connectivity index (χ1v) is 11.8. The van der Waals surface area contributed by atoms with Gasteiger partial charge in [-0.2, -0.15) is 0 Å². The summed E-state index contributed by atoms with van der Waals surface area (Å²) in [5, 5.41) is 6.15. The van der Waals surface area contributed by atoms with Gasteiger partial charge in [0.25, 0.3) is 5.92 Å². The zero-order valence-electron chi connectivity index (χ0n) is 19.5. The van der Waals surface area contributed by atoms with Crippen molar-refractivity contribution in [2.24, 2.45) is 5.92 Å². The number of pyridine rings is 2. The van der Waals surface area contributed by atoms with Crippen LogP contribution in [0.4, 0.5) is 20.4 Å². The van der Waals surface area contributed by atoms with E-state index < -0.39 is 11.8 Å². The van der Waals surface area contributed by atoms with E-state index in [1.807, 2.05) is 23.1 Å². The molecule has 3 aromatic rings. The van der Waals surface area contributed by atoms with E-state index >= 15 is 0 Å². The highest BCUT2D eigenvalue weighted by molar-refractivity contribution is 5.88. The number of nitrogens with one attached hydrogen (secondary N) is 2. The summed E-state index contributed by atoms with van der Waals surface area (Å²) in [4.78, 5) is 33.6. The second-order valence-electron chi connectivity index (χ2n) is 8.97. The first kappa shape index (κ1) is 23.3. The Morgan fingerprint density at radius 2 is 1.97 bits per heavy atom. The summed E-state index contributed by atoms with van der Waals surface area (Å²) < 4.78 is 28.6. The van der Waals surface area contributed by atoms with E-state index in [0.29, 0.717) is 42.2 Å². The normalized spacial score (nSPS) is 20.1. The number of hydrogen-bond acceptors (Lipinski definition) is 8. The maximum atomic E-state index is 14.3. The van der Waals surface area contributed by atoms with E-state index in [9.17, 15) is 13.6 Å². The molecule has 5 rings (SSSR count). The number of hydrogen-bond donors (Lipinski definition) is 2. The van der Waals surface area contributed by atoms with Crippen molar-refractivity contribution in [2.75, 3.05) is 56.0 Å². The number of carbonyl (C=O) groups excluding carboxylic acids is 1. The predicted molar refractivity (Wildman–Crippen MR) is 129 cm³/mol. The van der Waals surface area contributed by atoms with Crippen molar-refractivity contribution in [3.05, 3.63) is 36.8 Å². The molecule has 2 fully saturated rings. The highest BCUT2D eigenvalue weighted by Gasteiger charge is 2.41. The van der Waals surface area contributed by atoms with Crippen LogP contribution < -0.4 is 15.5 Å². The fraction of sp³-hybridized carbons (Fsp3) is 0.458. The van der Waals surface area contributed by atoms with E-state index in [-0.39, 0.29) is 25.4 Å². The van der Waals surface area contributed by atoms with Crippen LogP contribution in [0.25, 0.3) is 22.3 Å². The quantitative estimate of drug-likeness (QED) is 0.572. The van der Waals surface area contributed by atoms with Crippen LogP contribution in [0.5, 0.6) is 0 Å². The van der Waals surface area contributed by atoms with E-state index in [2.05, 4.69) is 30.5 Å². The molecule has 1 amide bonds. The summed E-state index contributed by atoms with van der Waals surface area (Å²) in [7, 11) is 0. The Hall–Kier alpha value is -3.47. The van der Waals surface area contributed by atoms with Crippen LogP contribution in [0, 0.1) is 5.92 Å². The summed E-state index contributed by atoms with van der Waals surface area (Å²) in [5.74, 6) is -2.21. The SMILES string of the molecule is CC(=O)N1CCN(c2ccc(-c3cc4nccnc4c(NCC4CNCCC4(F)F)n3)cn2)CC1. The summed E-state index contributed by atoms with van der Waals surface area (Å²) in [6, 6.07) is 5.70. The third kappa shape index (κ3) is 5.00. The maximum absolute atomic E-state index is 14.3. The maximum Gasteiger partial charge on any atom is 0.255 e. The zero-order valence-corrected chi connectivity index (χ0v) is 19.5. The van der Waals surface area contributed by atoms with Crippen LogP contribution in [-0.2, 0) is 4.79 Å². The number of piperidine rings is 1. The molecule has 5 heterocycles. The first-order valence-electron chi connectivity index (χ1n) is 11.8. The molecule has 3 aromatic heterocycles. The predicted octanol–water partition coefficient (Wildman–Crippen LogP) is 2.41. The lowest BCUT2D eigenvalue weighted by Gasteiger charge is -2.34. The highest BCUT2D eigenvalue weighted by atomic mass is 19.3. The molecule has 2 N–H and O–H groups in total. The second kappa shape index (κ2) is 9.65. The average molecular weight is 483 g/mol. The van der Waals surface area contributed by atoms with Crippen LogP contribution >= 0.6 is 0 Å². The van der Waals surface area contributed by atoms with Crippen molar-refractivity contribution in [3.63, 3.8) is 0 Å². The molecule has 1 unspecified atom stereocenters. The minimum absolute atomic E-state index is 0.0750. The number of anilines is 2. The van der Waals surface area contributed by atoms with Gasteiger partial charge >= 0.3 is 0 Å². The molecule has 1 atom stereocenters. The summed E-state index contributed by atoms with van der Waals surface area (Å²) >= 11 is 0. The minimum Gasteiger partial charge on any atom is -0.368 e. The molecule has 9 nitrogen and oxygen atoms in total. The van der Waals surface area contributed by atoms with Crippen LogP contribution in [0.15, 0.2) is 36.8 Å². The van der Waals surface area contributed by atoms with Crippen molar-refractivity contribution in [2.45, 2.75) is 19.3 Å². The molecular weight excluding hydrogens is 454 g/mol. The summed E-state index contributed by atoms with van der Waals surface area (Å²) in [6.07, 6.45) is 4.74. The Labute approximate surface area is 202 Å². The van der Waals surface area contributed by atoms with Gasteiger partial charge in [0.15, 0.2) is 5.82 Å². The van der Waals surface area contributed by atoms with E-state index in [1.54, 1.807) is 25.5 Å². The Balaban J connectivity index is 1.36. The summed E-state index contributed by atoms with van der Waals surface area (Å²) in [6.45, 7) is 5.03. The average Bonchev–Trinajstić information content (AvgIpc) is 2.87. The molecule has 0 spiro atoms. The molecule has 2 saturated heterocycles. The van der Waals surface area contributed by atoms with Crippen LogP contribution in [0.3, 0.4) is 0 Å². The van der Waals surface area contributed by atoms with Gasteiger partial charge in [-0.3, -0.25) is 9.78 Å². The number of fused-ring (bicyclic) bond motifs is 1. The molecule has 11 heteroatoms. The molecule has 2 aliphatic heterocycles. The lowest BCUT2D eigenvalue weighted by Crippen LogP contribution is -2.48. The van der Waals surface area contributed by atoms with Gasteiger partial charge in [0.1, 0.15) is 11.3 Å². The Morgan fingerprint density at radius 3 is 2.69 bits per heavy atom. The fourth-order valence-corrected chi connectivity index (χ4v) is 4.54. The van der Waals surface area contributed by atoms with Gasteiger partial charge in [-0.05, 0) is 18.2 Å². The molecule has 35 heavy (non-hydrogen) atoms. The standard InChI is InChI=1S/C24H28F2N8O/c1-16(35)33-8-10-34(11-9-33)21-3-2-17(13-30-21)19-12-20-22(29-7-6-28-20)23(32-19)31-15-18-14-27-5-4-24(18,25)26/h2-3,6-7,12-13,18,27H,4-5,8-11,14-15H2,1H3,(H,31,32). The molecule has 0 bridgehead atoms. The van der Waals surface area contributed by atoms with E-state index in [1.165, 1.54) is 0 Å². The van der Waals surface area contributed by atoms with Gasteiger partial charge < -0.3 is 20.4 Å². The number of carbonyl (C=O) groups is 1. The van der Waals surface area contributed by atoms with Gasteiger partial charge in [-0.25, -0.2) is 23.7 Å². The van der Waals surface area contributed by atoms with Gasteiger partial charge in [-0.1, -0.05) is 0 Å². The number of nitrogens with zero attached hydrogens (tertiary/aromatic N) is 6. The van der Waals surface area contributed by atoms with Crippen molar-refractivity contribution in [3.8, 4) is 11.3 Å². The third-order valence-corrected chi connectivity index (χ3v) is 6.69. The molecular formula is C24H28F2N8O. The number of alkyl halides is 2. The van der Waals surface area contributed by atoms with E-state index in [0.717, 1.165) is 24.5 Å². The van der Waals surface area contributed by atoms with Crippen molar-refractivity contribution < 1.29 is 13.6 Å². The number of piperazine rings is 1. The van der Waals surface area contributed by atoms with E-state index in [4.69, 9.17) is 4.98 Å². The van der Waals surface area contributed by atoms with Crippen LogP contribution in [0.2, 0.25) is 0 Å². The lowest BCUT2D eigenvalue weighted by molar-refractivity contribution is -0.129. The number of aromatic nitrogens is 4. The van der Waals surface area contributed by atoms with Gasteiger partial charge in [-0.15, -0.1) is 0 Å². The molecule has 0 aromatic carbocycles. The Kier molecular flexibility index (Phi) is 6.42. The lowest BCUT2D eigenvalue weighted by atomic mass is 9.95. The molecule has 0 radical (unpaired) electrons. The molecule has 0 saturated carbocycles. The highest BCUT2D eigenvalue weighted by Crippen LogP contribution is 2.32. The minimum atomic E-state index is -2.73. The first-order chi connectivity index (χ1) is 16.9. The van der Waals surface area contributed by atoms with Crippen molar-refractivity contribution >= 4 is 28.6 Å². The molecule has 2 aliphatic rings. The fourth-order valence-electron chi connectivity index (χ4n) is 4.54. The second-order valence-corrected chi connectivity index (χ2v) is 8.97. The van der Waals surface area contributed by atoms with Gasteiger partial charge in [0.05, 0.1) is 17.1 Å². The zero-order chi connectivity index (χ0) is 24.4. The smallest absolute Gasteiger partial charge is 0.255 e. The topological polar surface area (TPSA) is 99.2 Å². The Morgan fingerprint density at radius 1 is 1.17 bits per heavy atom. The third-order valence-electron chi connectivity index (χ3n) is 6.69. The van der Waals surface area contributed by atoms with Crippen LogP contribution in [-0.4, -0.2) is 82.5 Å². The number of amides is 1. The molecule has 0 aliphatic carbocycles. The number of rotatable bonds is 5. The largest absolute Gasteiger partial charge is 0.368 e. The summed E-state index contributed by atoms with van der Waals surface area (Å²) in [5.41, 5.74) is 2.58. The molecule has 184 valence electrons. The van der Waals surface area contributed by atoms with Gasteiger partial charge in [0, 0.05) is 83.3 Å². The van der Waals surface area contributed by atoms with Crippen LogP contribution in [0.1, 0.15) is 13.3 Å². The number of halogens is 2. The Bertz CT molecular complexity index is 1200. The van der Waals surface area contributed by atoms with Crippen molar-refractivity contribution in [1.29, 1.82) is 0 Å².